The summed E-state index contributed by atoms with van der Waals surface area (Å²) in [7, 11) is 1.76. The second kappa shape index (κ2) is 8.18. The van der Waals surface area contributed by atoms with Gasteiger partial charge in [0.2, 0.25) is 5.91 Å². The van der Waals surface area contributed by atoms with E-state index in [1.807, 2.05) is 24.3 Å². The third-order valence-corrected chi connectivity index (χ3v) is 5.64. The Kier molecular flexibility index (Phi) is 5.47. The van der Waals surface area contributed by atoms with Crippen molar-refractivity contribution in [1.82, 2.24) is 20.9 Å². The molecule has 3 N–H and O–H groups in total. The van der Waals surface area contributed by atoms with Crippen molar-refractivity contribution in [1.29, 1.82) is 0 Å². The Bertz CT molecular complexity index is 764. The fourth-order valence-electron chi connectivity index (χ4n) is 4.11. The van der Waals surface area contributed by atoms with Crippen molar-refractivity contribution in [2.24, 2.45) is 4.99 Å². The third kappa shape index (κ3) is 4.11. The van der Waals surface area contributed by atoms with Crippen molar-refractivity contribution < 1.29 is 14.3 Å². The quantitative estimate of drug-likeness (QED) is 0.510. The lowest BCUT2D eigenvalue weighted by Gasteiger charge is -2.26. The van der Waals surface area contributed by atoms with E-state index in [1.54, 1.807) is 11.9 Å². The van der Waals surface area contributed by atoms with Crippen LogP contribution in [0.2, 0.25) is 0 Å². The number of hydrogen-bond acceptors (Lipinski definition) is 4. The Labute approximate surface area is 164 Å². The molecule has 2 bridgehead atoms. The molecule has 0 radical (unpaired) electrons. The lowest BCUT2D eigenvalue weighted by molar-refractivity contribution is -0.123. The van der Waals surface area contributed by atoms with Gasteiger partial charge in [-0.1, -0.05) is 12.1 Å². The highest BCUT2D eigenvalue weighted by Gasteiger charge is 2.41. The number of ether oxygens (including phenoxy) is 1. The molecule has 3 aliphatic rings. The number of nitrogens with zero attached hydrogens (tertiary/aromatic N) is 2. The smallest absolute Gasteiger partial charge is 0.254 e. The van der Waals surface area contributed by atoms with Crippen LogP contribution in [0.15, 0.2) is 29.3 Å². The molecule has 3 atom stereocenters. The van der Waals surface area contributed by atoms with Crippen molar-refractivity contribution in [3.8, 4) is 0 Å². The second-order valence-electron chi connectivity index (χ2n) is 7.56. The second-order valence-corrected chi connectivity index (χ2v) is 7.56. The van der Waals surface area contributed by atoms with Gasteiger partial charge < -0.3 is 25.6 Å². The van der Waals surface area contributed by atoms with E-state index in [0.29, 0.717) is 43.4 Å². The molecule has 150 valence electrons. The zero-order valence-corrected chi connectivity index (χ0v) is 16.1. The molecule has 3 heterocycles. The van der Waals surface area contributed by atoms with Gasteiger partial charge in [0.25, 0.3) is 5.91 Å². The number of rotatable bonds is 4. The van der Waals surface area contributed by atoms with Crippen LogP contribution in [0.25, 0.3) is 0 Å². The van der Waals surface area contributed by atoms with Gasteiger partial charge in [-0.3, -0.25) is 14.6 Å². The van der Waals surface area contributed by atoms with E-state index < -0.39 is 0 Å². The minimum atomic E-state index is -0.111. The Morgan fingerprint density at radius 2 is 2.14 bits per heavy atom. The van der Waals surface area contributed by atoms with Crippen molar-refractivity contribution in [3.05, 3.63) is 35.4 Å². The Morgan fingerprint density at radius 3 is 2.79 bits per heavy atom. The molecular formula is C20H27N5O3. The monoisotopic (exact) mass is 385 g/mol. The minimum absolute atomic E-state index is 0.108. The SMILES string of the molecule is CN=C(NCc1ccc(C(=O)N2CCNC(=O)C2)cc1)NC1CC2CCC1O2. The Balaban J connectivity index is 1.29. The topological polar surface area (TPSA) is 95.1 Å². The summed E-state index contributed by atoms with van der Waals surface area (Å²) in [5.41, 5.74) is 1.65. The molecule has 0 aromatic heterocycles. The van der Waals surface area contributed by atoms with E-state index >= 15 is 0 Å². The van der Waals surface area contributed by atoms with Crippen LogP contribution < -0.4 is 16.0 Å². The number of benzene rings is 1. The van der Waals surface area contributed by atoms with Crippen LogP contribution in [0.5, 0.6) is 0 Å². The first-order valence-corrected chi connectivity index (χ1v) is 9.90. The van der Waals surface area contributed by atoms with E-state index in [4.69, 9.17) is 4.74 Å². The van der Waals surface area contributed by atoms with Gasteiger partial charge >= 0.3 is 0 Å². The van der Waals surface area contributed by atoms with Gasteiger partial charge in [0.1, 0.15) is 0 Å². The summed E-state index contributed by atoms with van der Waals surface area (Å²) in [6.07, 6.45) is 4.02. The van der Waals surface area contributed by atoms with Crippen molar-refractivity contribution in [2.75, 3.05) is 26.7 Å². The van der Waals surface area contributed by atoms with Crippen molar-refractivity contribution >= 4 is 17.8 Å². The van der Waals surface area contributed by atoms with Gasteiger partial charge in [0, 0.05) is 32.2 Å². The van der Waals surface area contributed by atoms with E-state index in [9.17, 15) is 9.59 Å². The summed E-state index contributed by atoms with van der Waals surface area (Å²) in [6.45, 7) is 1.79. The molecule has 1 aromatic rings. The molecule has 1 aromatic carbocycles. The number of piperazine rings is 1. The van der Waals surface area contributed by atoms with E-state index in [-0.39, 0.29) is 18.4 Å². The molecule has 28 heavy (non-hydrogen) atoms. The zero-order chi connectivity index (χ0) is 19.5. The van der Waals surface area contributed by atoms with Gasteiger partial charge in [-0.25, -0.2) is 0 Å². The van der Waals surface area contributed by atoms with E-state index in [1.165, 1.54) is 6.42 Å². The van der Waals surface area contributed by atoms with Crippen LogP contribution >= 0.6 is 0 Å². The van der Waals surface area contributed by atoms with Gasteiger partial charge in [0.05, 0.1) is 24.8 Å². The average molecular weight is 385 g/mol. The first-order valence-electron chi connectivity index (χ1n) is 9.90. The number of aliphatic imine (C=N–C) groups is 1. The number of hydrogen-bond donors (Lipinski definition) is 3. The summed E-state index contributed by atoms with van der Waals surface area (Å²) < 4.78 is 5.88. The lowest BCUT2D eigenvalue weighted by atomic mass is 9.96. The molecule has 0 aliphatic carbocycles. The average Bonchev–Trinajstić information content (AvgIpc) is 3.34. The predicted octanol–water partition coefficient (Wildman–Crippen LogP) is 0.244. The normalized spacial score (nSPS) is 26.9. The number of fused-ring (bicyclic) bond motifs is 2. The molecule has 0 saturated carbocycles. The van der Waals surface area contributed by atoms with Crippen molar-refractivity contribution in [2.45, 2.75) is 44.1 Å². The number of amides is 2. The standard InChI is InChI=1S/C20H27N5O3/c1-21-20(24-16-10-15-6-7-17(16)28-15)23-11-13-2-4-14(5-3-13)19(27)25-9-8-22-18(26)12-25/h2-5,15-17H,6-12H2,1H3,(H,22,26)(H2,21,23,24). The first-order chi connectivity index (χ1) is 13.6. The number of nitrogens with one attached hydrogen (secondary N) is 3. The minimum Gasteiger partial charge on any atom is -0.373 e. The van der Waals surface area contributed by atoms with Crippen LogP contribution in [0, 0.1) is 0 Å². The van der Waals surface area contributed by atoms with Crippen LogP contribution in [0.1, 0.15) is 35.2 Å². The maximum atomic E-state index is 12.5. The van der Waals surface area contributed by atoms with Crippen LogP contribution in [0.4, 0.5) is 0 Å². The zero-order valence-electron chi connectivity index (χ0n) is 16.1. The maximum Gasteiger partial charge on any atom is 0.254 e. The van der Waals surface area contributed by atoms with Crippen LogP contribution in [-0.4, -0.2) is 67.6 Å². The van der Waals surface area contributed by atoms with E-state index in [0.717, 1.165) is 24.4 Å². The molecule has 2 amide bonds. The molecule has 3 fully saturated rings. The highest BCUT2D eigenvalue weighted by Crippen LogP contribution is 2.34. The summed E-state index contributed by atoms with van der Waals surface area (Å²) in [4.78, 5) is 29.9. The third-order valence-electron chi connectivity index (χ3n) is 5.64. The lowest BCUT2D eigenvalue weighted by Crippen LogP contribution is -2.49. The molecule has 3 saturated heterocycles. The first kappa shape index (κ1) is 18.7. The highest BCUT2D eigenvalue weighted by molar-refractivity contribution is 5.97. The Hall–Kier alpha value is -2.61. The number of guanidine groups is 1. The fraction of sp³-hybridized carbons (Fsp3) is 0.550. The molecule has 4 rings (SSSR count). The van der Waals surface area contributed by atoms with Gasteiger partial charge in [-0.2, -0.15) is 0 Å². The molecule has 0 spiro atoms. The van der Waals surface area contributed by atoms with Gasteiger partial charge in [-0.15, -0.1) is 0 Å². The largest absolute Gasteiger partial charge is 0.373 e. The molecule has 8 nitrogen and oxygen atoms in total. The van der Waals surface area contributed by atoms with E-state index in [2.05, 4.69) is 20.9 Å². The van der Waals surface area contributed by atoms with Gasteiger partial charge in [0.15, 0.2) is 5.96 Å². The summed E-state index contributed by atoms with van der Waals surface area (Å²) >= 11 is 0. The van der Waals surface area contributed by atoms with Gasteiger partial charge in [-0.05, 0) is 37.0 Å². The predicted molar refractivity (Wildman–Crippen MR) is 105 cm³/mol. The highest BCUT2D eigenvalue weighted by atomic mass is 16.5. The summed E-state index contributed by atoms with van der Waals surface area (Å²) in [5.74, 6) is 0.545. The molecular weight excluding hydrogens is 358 g/mol. The fourth-order valence-corrected chi connectivity index (χ4v) is 4.11. The van der Waals surface area contributed by atoms with Crippen LogP contribution in [0.3, 0.4) is 0 Å². The summed E-state index contributed by atoms with van der Waals surface area (Å²) in [5, 5.41) is 9.51. The summed E-state index contributed by atoms with van der Waals surface area (Å²) in [6, 6.07) is 7.81. The van der Waals surface area contributed by atoms with Crippen LogP contribution in [-0.2, 0) is 16.1 Å². The molecule has 3 aliphatic heterocycles. The maximum absolute atomic E-state index is 12.5. The number of carbonyl (C=O) groups is 2. The molecule has 8 heteroatoms. The Morgan fingerprint density at radius 1 is 1.32 bits per heavy atom. The van der Waals surface area contributed by atoms with Crippen molar-refractivity contribution in [3.63, 3.8) is 0 Å². The molecule has 3 unspecified atom stereocenters. The number of carbonyl (C=O) groups excluding carboxylic acids is 2.